The molecule has 5 N–H and O–H groups in total. The SMILES string of the molecule is CCc1cnc(SC[C@@]2(O)O[C@@H](n3cnc4c(N)ncnc43)C[C@@H]2O)[nH]c1=O. The van der Waals surface area contributed by atoms with Gasteiger partial charge in [0.25, 0.3) is 5.56 Å². The molecule has 148 valence electrons. The van der Waals surface area contributed by atoms with Gasteiger partial charge in [-0.1, -0.05) is 18.7 Å². The third-order valence-electron chi connectivity index (χ3n) is 4.63. The monoisotopic (exact) mass is 405 g/mol. The number of hydrogen-bond donors (Lipinski definition) is 4. The first-order valence-corrected chi connectivity index (χ1v) is 9.62. The number of aliphatic hydroxyl groups excluding tert-OH is 1. The summed E-state index contributed by atoms with van der Waals surface area (Å²) in [4.78, 5) is 30.9. The van der Waals surface area contributed by atoms with Gasteiger partial charge in [0, 0.05) is 18.2 Å². The highest BCUT2D eigenvalue weighted by Gasteiger charge is 2.48. The Bertz CT molecular complexity index is 1070. The van der Waals surface area contributed by atoms with E-state index in [0.717, 1.165) is 11.8 Å². The van der Waals surface area contributed by atoms with Gasteiger partial charge < -0.3 is 25.7 Å². The maximum Gasteiger partial charge on any atom is 0.254 e. The molecule has 0 unspecified atom stereocenters. The van der Waals surface area contributed by atoms with E-state index in [1.54, 1.807) is 4.57 Å². The largest absolute Gasteiger partial charge is 0.387 e. The van der Waals surface area contributed by atoms with Crippen LogP contribution in [-0.4, -0.2) is 57.3 Å². The molecule has 3 aromatic heterocycles. The second-order valence-corrected chi connectivity index (χ2v) is 7.40. The highest BCUT2D eigenvalue weighted by Crippen LogP contribution is 2.39. The number of aromatic amines is 1. The van der Waals surface area contributed by atoms with Crippen LogP contribution in [0.2, 0.25) is 0 Å². The molecule has 1 fully saturated rings. The van der Waals surface area contributed by atoms with Crippen molar-refractivity contribution in [1.29, 1.82) is 0 Å². The molecule has 1 aliphatic heterocycles. The van der Waals surface area contributed by atoms with Crippen molar-refractivity contribution in [2.45, 2.75) is 43.0 Å². The number of fused-ring (bicyclic) bond motifs is 1. The summed E-state index contributed by atoms with van der Waals surface area (Å²) < 4.78 is 7.33. The van der Waals surface area contributed by atoms with Crippen LogP contribution in [-0.2, 0) is 11.2 Å². The number of H-pyrrole nitrogens is 1. The molecule has 0 bridgehead atoms. The van der Waals surface area contributed by atoms with Crippen molar-refractivity contribution < 1.29 is 14.9 Å². The molecule has 0 aromatic carbocycles. The molecule has 1 aliphatic rings. The third-order valence-corrected chi connectivity index (χ3v) is 5.67. The Kier molecular flexibility index (Phi) is 4.79. The van der Waals surface area contributed by atoms with Crippen LogP contribution < -0.4 is 11.3 Å². The summed E-state index contributed by atoms with van der Waals surface area (Å²) in [6, 6.07) is 0. The quantitative estimate of drug-likeness (QED) is 0.330. The van der Waals surface area contributed by atoms with Gasteiger partial charge in [0.15, 0.2) is 16.6 Å². The second kappa shape index (κ2) is 7.13. The molecular formula is C16H19N7O4S. The van der Waals surface area contributed by atoms with Crippen molar-refractivity contribution in [3.63, 3.8) is 0 Å². The second-order valence-electron chi connectivity index (χ2n) is 6.44. The molecule has 0 spiro atoms. The van der Waals surface area contributed by atoms with E-state index in [1.807, 2.05) is 6.92 Å². The molecule has 11 nitrogen and oxygen atoms in total. The number of nitrogens with two attached hydrogens (primary N) is 1. The van der Waals surface area contributed by atoms with Gasteiger partial charge in [0.1, 0.15) is 24.2 Å². The van der Waals surface area contributed by atoms with E-state index >= 15 is 0 Å². The minimum absolute atomic E-state index is 0.0250. The van der Waals surface area contributed by atoms with Crippen LogP contribution in [0.5, 0.6) is 0 Å². The van der Waals surface area contributed by atoms with Crippen molar-refractivity contribution in [1.82, 2.24) is 29.5 Å². The number of imidazole rings is 1. The van der Waals surface area contributed by atoms with E-state index in [2.05, 4.69) is 24.9 Å². The van der Waals surface area contributed by atoms with Gasteiger partial charge in [0.05, 0.1) is 12.1 Å². The number of nitrogen functional groups attached to an aromatic ring is 1. The Morgan fingerprint density at radius 3 is 3.00 bits per heavy atom. The Morgan fingerprint density at radius 1 is 1.43 bits per heavy atom. The first-order valence-electron chi connectivity index (χ1n) is 8.63. The van der Waals surface area contributed by atoms with Crippen LogP contribution in [0.4, 0.5) is 5.82 Å². The molecular weight excluding hydrogens is 386 g/mol. The predicted octanol–water partition coefficient (Wildman–Crippen LogP) is -0.185. The third kappa shape index (κ3) is 3.24. The van der Waals surface area contributed by atoms with E-state index in [1.165, 1.54) is 18.9 Å². The minimum Gasteiger partial charge on any atom is -0.387 e. The lowest BCUT2D eigenvalue weighted by atomic mass is 10.1. The minimum atomic E-state index is -1.83. The van der Waals surface area contributed by atoms with Gasteiger partial charge in [-0.3, -0.25) is 9.36 Å². The fourth-order valence-electron chi connectivity index (χ4n) is 3.02. The van der Waals surface area contributed by atoms with Crippen LogP contribution in [0.15, 0.2) is 28.8 Å². The first kappa shape index (κ1) is 18.8. The number of thioether (sulfide) groups is 1. The molecule has 28 heavy (non-hydrogen) atoms. The standard InChI is InChI=1S/C16H19N7O4S/c1-2-8-4-18-15(22-14(8)25)28-5-16(26)9(24)3-10(27-16)23-7-21-11-12(17)19-6-20-13(11)23/h4,6-7,9-10,24,26H,2-3,5H2,1H3,(H2,17,19,20)(H,18,22,25)/t9-,10+,16+/m0/s1. The van der Waals surface area contributed by atoms with E-state index in [-0.39, 0.29) is 23.6 Å². The van der Waals surface area contributed by atoms with Gasteiger partial charge in [-0.2, -0.15) is 0 Å². The lowest BCUT2D eigenvalue weighted by molar-refractivity contribution is -0.220. The van der Waals surface area contributed by atoms with E-state index in [4.69, 9.17) is 10.5 Å². The van der Waals surface area contributed by atoms with Crippen molar-refractivity contribution in [2.24, 2.45) is 0 Å². The average molecular weight is 405 g/mol. The molecule has 3 aromatic rings. The Morgan fingerprint density at radius 2 is 2.25 bits per heavy atom. The average Bonchev–Trinajstić information content (AvgIpc) is 3.23. The highest BCUT2D eigenvalue weighted by molar-refractivity contribution is 7.99. The predicted molar refractivity (Wildman–Crippen MR) is 100 cm³/mol. The molecule has 0 radical (unpaired) electrons. The van der Waals surface area contributed by atoms with Gasteiger partial charge in [-0.15, -0.1) is 0 Å². The number of ether oxygens (including phenoxy) is 1. The number of hydrogen-bond acceptors (Lipinski definition) is 10. The van der Waals surface area contributed by atoms with E-state index < -0.39 is 18.1 Å². The summed E-state index contributed by atoms with van der Waals surface area (Å²) in [5.74, 6) is -1.62. The van der Waals surface area contributed by atoms with E-state index in [0.29, 0.717) is 28.3 Å². The molecule has 0 amide bonds. The molecule has 4 rings (SSSR count). The summed E-state index contributed by atoms with van der Waals surface area (Å²) in [7, 11) is 0. The highest BCUT2D eigenvalue weighted by atomic mass is 32.2. The van der Waals surface area contributed by atoms with Gasteiger partial charge in [-0.05, 0) is 6.42 Å². The van der Waals surface area contributed by atoms with Crippen LogP contribution in [0.3, 0.4) is 0 Å². The van der Waals surface area contributed by atoms with Crippen LogP contribution in [0.25, 0.3) is 11.2 Å². The topological polar surface area (TPSA) is 165 Å². The van der Waals surface area contributed by atoms with Crippen LogP contribution in [0.1, 0.15) is 25.1 Å². The molecule has 0 aliphatic carbocycles. The first-order chi connectivity index (χ1) is 13.4. The number of nitrogens with zero attached hydrogens (tertiary/aromatic N) is 5. The Labute approximate surface area is 163 Å². The summed E-state index contributed by atoms with van der Waals surface area (Å²) in [6.07, 6.45) is 3.16. The van der Waals surface area contributed by atoms with Crippen molar-refractivity contribution in [3.05, 3.63) is 34.8 Å². The molecule has 4 heterocycles. The number of anilines is 1. The summed E-state index contributed by atoms with van der Waals surface area (Å²) >= 11 is 1.09. The number of rotatable bonds is 5. The summed E-state index contributed by atoms with van der Waals surface area (Å²) in [5.41, 5.74) is 7.01. The molecule has 0 saturated carbocycles. The molecule has 12 heteroatoms. The maximum absolute atomic E-state index is 11.9. The van der Waals surface area contributed by atoms with Crippen molar-refractivity contribution in [3.8, 4) is 0 Å². The van der Waals surface area contributed by atoms with E-state index in [9.17, 15) is 15.0 Å². The molecule has 3 atom stereocenters. The van der Waals surface area contributed by atoms with Crippen molar-refractivity contribution >= 4 is 28.7 Å². The Hall–Kier alpha value is -2.54. The Balaban J connectivity index is 1.51. The molecule has 1 saturated heterocycles. The summed E-state index contributed by atoms with van der Waals surface area (Å²) in [5, 5.41) is 21.5. The van der Waals surface area contributed by atoms with Gasteiger partial charge in [0.2, 0.25) is 5.79 Å². The number of aryl methyl sites for hydroxylation is 1. The lowest BCUT2D eigenvalue weighted by Crippen LogP contribution is -2.41. The van der Waals surface area contributed by atoms with Crippen molar-refractivity contribution in [2.75, 3.05) is 11.5 Å². The zero-order valence-corrected chi connectivity index (χ0v) is 15.8. The number of aliphatic hydroxyl groups is 2. The normalized spacial score (nSPS) is 24.8. The zero-order chi connectivity index (χ0) is 19.9. The number of aromatic nitrogens is 6. The summed E-state index contributed by atoms with van der Waals surface area (Å²) in [6.45, 7) is 1.86. The van der Waals surface area contributed by atoms with Gasteiger partial charge in [-0.25, -0.2) is 19.9 Å². The fraction of sp³-hybridized carbons (Fsp3) is 0.438. The zero-order valence-electron chi connectivity index (χ0n) is 14.9. The number of nitrogens with one attached hydrogen (secondary N) is 1. The maximum atomic E-state index is 11.9. The lowest BCUT2D eigenvalue weighted by Gasteiger charge is -2.25. The van der Waals surface area contributed by atoms with Gasteiger partial charge >= 0.3 is 0 Å². The fourth-order valence-corrected chi connectivity index (χ4v) is 3.92. The van der Waals surface area contributed by atoms with Crippen LogP contribution in [0, 0.1) is 0 Å². The van der Waals surface area contributed by atoms with Crippen LogP contribution >= 0.6 is 11.8 Å². The smallest absolute Gasteiger partial charge is 0.254 e.